The molecule has 3 heteroatoms. The van der Waals surface area contributed by atoms with Gasteiger partial charge in [0.25, 0.3) is 0 Å². The third-order valence-corrected chi connectivity index (χ3v) is 3.97. The van der Waals surface area contributed by atoms with Gasteiger partial charge in [-0.3, -0.25) is 0 Å². The monoisotopic (exact) mass is 243 g/mol. The first-order valence-corrected chi connectivity index (χ1v) is 6.90. The minimum Gasteiger partial charge on any atom is -0.357 e. The molecule has 1 fully saturated rings. The van der Waals surface area contributed by atoms with Gasteiger partial charge in [0.05, 0.1) is 0 Å². The van der Waals surface area contributed by atoms with Gasteiger partial charge in [0.15, 0.2) is 0 Å². The largest absolute Gasteiger partial charge is 0.357 e. The number of aromatic nitrogens is 1. The standard InChI is InChI=1S/C15H21N3/c16-9-11-4-3-7-15-14(11)8-13(18-15)10-17-12-5-1-2-6-12/h3-4,7-8,12,17-18H,1-2,5-6,9-10,16H2. The van der Waals surface area contributed by atoms with Gasteiger partial charge in [-0.25, -0.2) is 0 Å². The van der Waals surface area contributed by atoms with Crippen molar-refractivity contribution in [2.45, 2.75) is 44.8 Å². The van der Waals surface area contributed by atoms with Gasteiger partial charge in [0, 0.05) is 35.7 Å². The van der Waals surface area contributed by atoms with Crippen molar-refractivity contribution in [2.75, 3.05) is 0 Å². The smallest absolute Gasteiger partial charge is 0.0459 e. The molecule has 0 unspecified atom stereocenters. The van der Waals surface area contributed by atoms with Crippen molar-refractivity contribution in [3.05, 3.63) is 35.5 Å². The molecule has 1 heterocycles. The summed E-state index contributed by atoms with van der Waals surface area (Å²) in [6.07, 6.45) is 5.41. The van der Waals surface area contributed by atoms with Crippen molar-refractivity contribution in [3.8, 4) is 0 Å². The fourth-order valence-corrected chi connectivity index (χ4v) is 2.93. The van der Waals surface area contributed by atoms with Crippen molar-refractivity contribution >= 4 is 10.9 Å². The Morgan fingerprint density at radius 3 is 2.89 bits per heavy atom. The van der Waals surface area contributed by atoms with Crippen molar-refractivity contribution in [2.24, 2.45) is 5.73 Å². The Morgan fingerprint density at radius 1 is 1.28 bits per heavy atom. The Labute approximate surface area is 108 Å². The predicted octanol–water partition coefficient (Wildman–Crippen LogP) is 2.66. The number of hydrogen-bond donors (Lipinski definition) is 3. The molecule has 0 saturated heterocycles. The minimum absolute atomic E-state index is 0.602. The fourth-order valence-electron chi connectivity index (χ4n) is 2.93. The second kappa shape index (κ2) is 5.12. The van der Waals surface area contributed by atoms with E-state index < -0.39 is 0 Å². The van der Waals surface area contributed by atoms with E-state index in [4.69, 9.17) is 5.73 Å². The Bertz CT molecular complexity index is 524. The summed E-state index contributed by atoms with van der Waals surface area (Å²) < 4.78 is 0. The highest BCUT2D eigenvalue weighted by atomic mass is 14.9. The topological polar surface area (TPSA) is 53.8 Å². The Kier molecular flexibility index (Phi) is 3.35. The molecule has 0 aliphatic heterocycles. The molecule has 2 aromatic rings. The number of aromatic amines is 1. The lowest BCUT2D eigenvalue weighted by molar-refractivity contribution is 0.520. The summed E-state index contributed by atoms with van der Waals surface area (Å²) in [5, 5.41) is 4.90. The average molecular weight is 243 g/mol. The highest BCUT2D eigenvalue weighted by molar-refractivity contribution is 5.83. The van der Waals surface area contributed by atoms with Crippen LogP contribution in [0.4, 0.5) is 0 Å². The van der Waals surface area contributed by atoms with Crippen molar-refractivity contribution in [1.82, 2.24) is 10.3 Å². The zero-order valence-electron chi connectivity index (χ0n) is 10.7. The van der Waals surface area contributed by atoms with Crippen LogP contribution in [0, 0.1) is 0 Å². The molecule has 1 aliphatic rings. The van der Waals surface area contributed by atoms with Gasteiger partial charge in [-0.2, -0.15) is 0 Å². The zero-order valence-corrected chi connectivity index (χ0v) is 10.7. The van der Waals surface area contributed by atoms with E-state index in [1.165, 1.54) is 47.8 Å². The molecule has 1 aliphatic carbocycles. The second-order valence-electron chi connectivity index (χ2n) is 5.24. The zero-order chi connectivity index (χ0) is 12.4. The molecule has 0 radical (unpaired) electrons. The van der Waals surface area contributed by atoms with Gasteiger partial charge in [0.2, 0.25) is 0 Å². The van der Waals surface area contributed by atoms with Gasteiger partial charge in [-0.1, -0.05) is 25.0 Å². The molecule has 0 atom stereocenters. The van der Waals surface area contributed by atoms with Crippen LogP contribution in [0.1, 0.15) is 36.9 Å². The summed E-state index contributed by atoms with van der Waals surface area (Å²) in [6.45, 7) is 1.54. The van der Waals surface area contributed by atoms with Gasteiger partial charge < -0.3 is 16.0 Å². The van der Waals surface area contributed by atoms with E-state index in [0.717, 1.165) is 6.54 Å². The maximum Gasteiger partial charge on any atom is 0.0459 e. The summed E-state index contributed by atoms with van der Waals surface area (Å²) in [7, 11) is 0. The number of hydrogen-bond acceptors (Lipinski definition) is 2. The van der Waals surface area contributed by atoms with E-state index >= 15 is 0 Å². The average Bonchev–Trinajstić information content (AvgIpc) is 3.04. The van der Waals surface area contributed by atoms with Crippen LogP contribution in [-0.4, -0.2) is 11.0 Å². The fraction of sp³-hybridized carbons (Fsp3) is 0.467. The number of fused-ring (bicyclic) bond motifs is 1. The van der Waals surface area contributed by atoms with Crippen LogP contribution in [0.25, 0.3) is 10.9 Å². The second-order valence-corrected chi connectivity index (χ2v) is 5.24. The van der Waals surface area contributed by atoms with E-state index in [9.17, 15) is 0 Å². The van der Waals surface area contributed by atoms with Crippen molar-refractivity contribution < 1.29 is 0 Å². The normalized spacial score (nSPS) is 16.7. The van der Waals surface area contributed by atoms with Gasteiger partial charge in [-0.05, 0) is 30.5 Å². The van der Waals surface area contributed by atoms with Gasteiger partial charge >= 0.3 is 0 Å². The quantitative estimate of drug-likeness (QED) is 0.773. The number of nitrogens with one attached hydrogen (secondary N) is 2. The SMILES string of the molecule is NCc1cccc2[nH]c(CNC3CCCC3)cc12. The van der Waals surface area contributed by atoms with E-state index in [1.54, 1.807) is 0 Å². The molecule has 1 aromatic carbocycles. The lowest BCUT2D eigenvalue weighted by atomic mass is 10.1. The molecule has 3 nitrogen and oxygen atoms in total. The lowest BCUT2D eigenvalue weighted by Gasteiger charge is -2.10. The summed E-state index contributed by atoms with van der Waals surface area (Å²) in [5.41, 5.74) is 9.44. The summed E-state index contributed by atoms with van der Waals surface area (Å²) in [4.78, 5) is 3.48. The number of benzene rings is 1. The number of H-pyrrole nitrogens is 1. The molecular weight excluding hydrogens is 222 g/mol. The first kappa shape index (κ1) is 11.8. The van der Waals surface area contributed by atoms with E-state index in [-0.39, 0.29) is 0 Å². The van der Waals surface area contributed by atoms with E-state index in [0.29, 0.717) is 12.6 Å². The summed E-state index contributed by atoms with van der Waals surface area (Å²) in [6, 6.07) is 9.23. The molecule has 0 bridgehead atoms. The molecular formula is C15H21N3. The summed E-state index contributed by atoms with van der Waals surface area (Å²) >= 11 is 0. The molecule has 18 heavy (non-hydrogen) atoms. The van der Waals surface area contributed by atoms with E-state index in [2.05, 4.69) is 34.6 Å². The van der Waals surface area contributed by atoms with Crippen molar-refractivity contribution in [1.29, 1.82) is 0 Å². The van der Waals surface area contributed by atoms with Crippen LogP contribution >= 0.6 is 0 Å². The Balaban J connectivity index is 1.76. The highest BCUT2D eigenvalue weighted by Crippen LogP contribution is 2.21. The van der Waals surface area contributed by atoms with E-state index in [1.807, 2.05) is 0 Å². The third kappa shape index (κ3) is 2.28. The maximum atomic E-state index is 5.77. The Morgan fingerprint density at radius 2 is 2.11 bits per heavy atom. The molecule has 0 spiro atoms. The molecule has 1 saturated carbocycles. The third-order valence-electron chi connectivity index (χ3n) is 3.97. The van der Waals surface area contributed by atoms with Crippen LogP contribution < -0.4 is 11.1 Å². The minimum atomic E-state index is 0.602. The molecule has 0 amide bonds. The number of rotatable bonds is 4. The Hall–Kier alpha value is -1.32. The first-order valence-electron chi connectivity index (χ1n) is 6.90. The van der Waals surface area contributed by atoms with Crippen molar-refractivity contribution in [3.63, 3.8) is 0 Å². The first-order chi connectivity index (χ1) is 8.86. The molecule has 4 N–H and O–H groups in total. The lowest BCUT2D eigenvalue weighted by Crippen LogP contribution is -2.25. The maximum absolute atomic E-state index is 5.77. The van der Waals surface area contributed by atoms with Gasteiger partial charge in [-0.15, -0.1) is 0 Å². The number of nitrogens with two attached hydrogens (primary N) is 1. The predicted molar refractivity (Wildman–Crippen MR) is 75.3 cm³/mol. The highest BCUT2D eigenvalue weighted by Gasteiger charge is 2.14. The summed E-state index contributed by atoms with van der Waals surface area (Å²) in [5.74, 6) is 0. The molecule has 3 rings (SSSR count). The van der Waals surface area contributed by atoms with Crippen LogP contribution in [0.5, 0.6) is 0 Å². The van der Waals surface area contributed by atoms with Crippen LogP contribution in [0.2, 0.25) is 0 Å². The van der Waals surface area contributed by atoms with Crippen LogP contribution in [0.15, 0.2) is 24.3 Å². The molecule has 96 valence electrons. The van der Waals surface area contributed by atoms with Gasteiger partial charge in [0.1, 0.15) is 0 Å². The van der Waals surface area contributed by atoms with Crippen LogP contribution in [-0.2, 0) is 13.1 Å². The molecule has 1 aromatic heterocycles. The van der Waals surface area contributed by atoms with Crippen LogP contribution in [0.3, 0.4) is 0 Å².